The van der Waals surface area contributed by atoms with Crippen LogP contribution in [0, 0.1) is 5.82 Å². The number of nitrogens with zero attached hydrogens (tertiary/aromatic N) is 3. The topological polar surface area (TPSA) is 76.0 Å². The Balaban J connectivity index is 1.28. The maximum absolute atomic E-state index is 14.4. The number of carbonyl (C=O) groups excluding carboxylic acids is 1. The SMILES string of the molecule is O=C(NCCN1CCOCC1)c1cc(F)cc(Cn2ccc3cc(N4CCOCC4)ccc3c2=O)c1. The number of hydrogen-bond acceptors (Lipinski definition) is 6. The average Bonchev–Trinajstić information content (AvgIpc) is 2.91. The van der Waals surface area contributed by atoms with Crippen LogP contribution in [-0.2, 0) is 16.0 Å². The molecular formula is C27H31FN4O4. The maximum atomic E-state index is 14.4. The van der Waals surface area contributed by atoms with Gasteiger partial charge in [0.1, 0.15) is 5.82 Å². The van der Waals surface area contributed by atoms with Gasteiger partial charge >= 0.3 is 0 Å². The Bertz CT molecular complexity index is 1280. The van der Waals surface area contributed by atoms with Crippen molar-refractivity contribution in [2.75, 3.05) is 70.6 Å². The highest BCUT2D eigenvalue weighted by Crippen LogP contribution is 2.21. The van der Waals surface area contributed by atoms with Crippen molar-refractivity contribution < 1.29 is 18.7 Å². The van der Waals surface area contributed by atoms with E-state index in [1.165, 1.54) is 12.1 Å². The molecule has 0 radical (unpaired) electrons. The minimum atomic E-state index is -0.505. The van der Waals surface area contributed by atoms with E-state index in [1.54, 1.807) is 16.8 Å². The van der Waals surface area contributed by atoms with Crippen LogP contribution in [0.15, 0.2) is 53.5 Å². The fourth-order valence-electron chi connectivity index (χ4n) is 4.74. The molecule has 1 aromatic heterocycles. The zero-order valence-electron chi connectivity index (χ0n) is 20.2. The van der Waals surface area contributed by atoms with Gasteiger partial charge in [-0.2, -0.15) is 0 Å². The summed E-state index contributed by atoms with van der Waals surface area (Å²) >= 11 is 0. The van der Waals surface area contributed by atoms with E-state index in [0.29, 0.717) is 43.9 Å². The summed E-state index contributed by atoms with van der Waals surface area (Å²) in [5.41, 5.74) is 1.72. The summed E-state index contributed by atoms with van der Waals surface area (Å²) < 4.78 is 26.7. The van der Waals surface area contributed by atoms with Crippen LogP contribution in [0.4, 0.5) is 10.1 Å². The number of benzene rings is 2. The molecule has 190 valence electrons. The largest absolute Gasteiger partial charge is 0.379 e. The van der Waals surface area contributed by atoms with E-state index < -0.39 is 5.82 Å². The van der Waals surface area contributed by atoms with Crippen LogP contribution in [0.1, 0.15) is 15.9 Å². The quantitative estimate of drug-likeness (QED) is 0.542. The first kappa shape index (κ1) is 24.4. The molecule has 3 heterocycles. The van der Waals surface area contributed by atoms with Crippen molar-refractivity contribution in [2.24, 2.45) is 0 Å². The van der Waals surface area contributed by atoms with Gasteiger partial charge in [0.2, 0.25) is 0 Å². The van der Waals surface area contributed by atoms with Gasteiger partial charge < -0.3 is 24.3 Å². The summed E-state index contributed by atoms with van der Waals surface area (Å²) in [5.74, 6) is -0.833. The van der Waals surface area contributed by atoms with Crippen LogP contribution in [0.2, 0.25) is 0 Å². The predicted molar refractivity (Wildman–Crippen MR) is 136 cm³/mol. The highest BCUT2D eigenvalue weighted by molar-refractivity contribution is 5.94. The lowest BCUT2D eigenvalue weighted by Crippen LogP contribution is -2.41. The number of anilines is 1. The monoisotopic (exact) mass is 494 g/mol. The zero-order chi connectivity index (χ0) is 24.9. The third kappa shape index (κ3) is 5.75. The Morgan fingerprint density at radius 2 is 1.69 bits per heavy atom. The molecule has 2 aromatic carbocycles. The number of rotatable bonds is 7. The molecule has 36 heavy (non-hydrogen) atoms. The lowest BCUT2D eigenvalue weighted by atomic mass is 10.1. The second-order valence-electron chi connectivity index (χ2n) is 9.18. The van der Waals surface area contributed by atoms with Gasteiger partial charge in [0, 0.05) is 62.1 Å². The zero-order valence-corrected chi connectivity index (χ0v) is 20.2. The molecule has 1 amide bonds. The van der Waals surface area contributed by atoms with Crippen molar-refractivity contribution in [3.05, 3.63) is 76.0 Å². The Morgan fingerprint density at radius 3 is 2.47 bits per heavy atom. The van der Waals surface area contributed by atoms with E-state index in [0.717, 1.165) is 43.8 Å². The molecule has 8 nitrogen and oxygen atoms in total. The molecule has 2 aliphatic rings. The first-order valence-electron chi connectivity index (χ1n) is 12.4. The summed E-state index contributed by atoms with van der Waals surface area (Å²) in [6, 6.07) is 12.0. The third-order valence-electron chi connectivity index (χ3n) is 6.73. The number of aromatic nitrogens is 1. The fourth-order valence-corrected chi connectivity index (χ4v) is 4.74. The van der Waals surface area contributed by atoms with Gasteiger partial charge in [-0.3, -0.25) is 14.5 Å². The number of pyridine rings is 1. The van der Waals surface area contributed by atoms with Crippen LogP contribution in [0.3, 0.4) is 0 Å². The molecule has 1 N–H and O–H groups in total. The molecule has 9 heteroatoms. The molecule has 0 aliphatic carbocycles. The van der Waals surface area contributed by atoms with E-state index in [9.17, 15) is 14.0 Å². The van der Waals surface area contributed by atoms with E-state index in [-0.39, 0.29) is 23.6 Å². The standard InChI is InChI=1S/C27H31FN4O4/c28-23-16-20(15-22(17-23)26(33)29-4-6-30-7-11-35-12-8-30)19-32-5-3-21-18-24(1-2-25(21)27(32)34)31-9-13-36-14-10-31/h1-3,5,15-18H,4,6-14,19H2,(H,29,33). The first-order valence-corrected chi connectivity index (χ1v) is 12.4. The molecule has 0 spiro atoms. The van der Waals surface area contributed by atoms with Crippen LogP contribution < -0.4 is 15.8 Å². The predicted octanol–water partition coefficient (Wildman–Crippen LogP) is 2.09. The summed E-state index contributed by atoms with van der Waals surface area (Å²) in [5, 5.41) is 4.33. The molecule has 0 atom stereocenters. The number of carbonyl (C=O) groups is 1. The number of amides is 1. The highest BCUT2D eigenvalue weighted by atomic mass is 19.1. The van der Waals surface area contributed by atoms with Crippen LogP contribution in [0.5, 0.6) is 0 Å². The summed E-state index contributed by atoms with van der Waals surface area (Å²) in [7, 11) is 0. The smallest absolute Gasteiger partial charge is 0.258 e. The average molecular weight is 495 g/mol. The Kier molecular flexibility index (Phi) is 7.60. The van der Waals surface area contributed by atoms with Crippen molar-refractivity contribution in [1.82, 2.24) is 14.8 Å². The highest BCUT2D eigenvalue weighted by Gasteiger charge is 2.15. The molecule has 0 saturated carbocycles. The molecule has 2 aliphatic heterocycles. The second kappa shape index (κ2) is 11.2. The van der Waals surface area contributed by atoms with Crippen molar-refractivity contribution in [1.29, 1.82) is 0 Å². The van der Waals surface area contributed by atoms with E-state index in [1.807, 2.05) is 24.3 Å². The maximum Gasteiger partial charge on any atom is 0.258 e. The fraction of sp³-hybridized carbons (Fsp3) is 0.407. The van der Waals surface area contributed by atoms with Crippen molar-refractivity contribution >= 4 is 22.4 Å². The summed E-state index contributed by atoms with van der Waals surface area (Å²) in [6.45, 7) is 7.49. The van der Waals surface area contributed by atoms with E-state index in [4.69, 9.17) is 9.47 Å². The number of fused-ring (bicyclic) bond motifs is 1. The van der Waals surface area contributed by atoms with Gasteiger partial charge in [-0.1, -0.05) is 0 Å². The van der Waals surface area contributed by atoms with Gasteiger partial charge in [-0.05, 0) is 53.4 Å². The number of morpholine rings is 2. The minimum absolute atomic E-state index is 0.151. The number of nitrogens with one attached hydrogen (secondary N) is 1. The van der Waals surface area contributed by atoms with E-state index >= 15 is 0 Å². The van der Waals surface area contributed by atoms with Gasteiger partial charge in [0.25, 0.3) is 11.5 Å². The summed E-state index contributed by atoms with van der Waals surface area (Å²) in [6.07, 6.45) is 1.72. The van der Waals surface area contributed by atoms with Crippen molar-refractivity contribution in [3.8, 4) is 0 Å². The lowest BCUT2D eigenvalue weighted by Gasteiger charge is -2.29. The van der Waals surface area contributed by atoms with Gasteiger partial charge in [0.05, 0.1) is 33.0 Å². The molecule has 3 aromatic rings. The van der Waals surface area contributed by atoms with Gasteiger partial charge in [-0.15, -0.1) is 0 Å². The molecule has 5 rings (SSSR count). The number of ether oxygens (including phenoxy) is 2. The second-order valence-corrected chi connectivity index (χ2v) is 9.18. The molecule has 0 bridgehead atoms. The molecular weight excluding hydrogens is 463 g/mol. The minimum Gasteiger partial charge on any atom is -0.379 e. The summed E-state index contributed by atoms with van der Waals surface area (Å²) in [4.78, 5) is 30.3. The van der Waals surface area contributed by atoms with Crippen LogP contribution >= 0.6 is 0 Å². The molecule has 2 fully saturated rings. The number of hydrogen-bond donors (Lipinski definition) is 1. The Hall–Kier alpha value is -3.27. The normalized spacial score (nSPS) is 16.9. The molecule has 0 unspecified atom stereocenters. The van der Waals surface area contributed by atoms with E-state index in [2.05, 4.69) is 15.1 Å². The third-order valence-corrected chi connectivity index (χ3v) is 6.73. The van der Waals surface area contributed by atoms with Crippen molar-refractivity contribution in [2.45, 2.75) is 6.54 Å². The first-order chi connectivity index (χ1) is 17.6. The van der Waals surface area contributed by atoms with Crippen LogP contribution in [0.25, 0.3) is 10.8 Å². The Labute approximate surface area is 209 Å². The molecule has 2 saturated heterocycles. The van der Waals surface area contributed by atoms with Crippen LogP contribution in [-0.4, -0.2) is 81.1 Å². The number of halogens is 1. The lowest BCUT2D eigenvalue weighted by molar-refractivity contribution is 0.0383. The van der Waals surface area contributed by atoms with Crippen molar-refractivity contribution in [3.63, 3.8) is 0 Å². The van der Waals surface area contributed by atoms with Gasteiger partial charge in [-0.25, -0.2) is 4.39 Å². The van der Waals surface area contributed by atoms with Gasteiger partial charge in [0.15, 0.2) is 0 Å². The Morgan fingerprint density at radius 1 is 0.944 bits per heavy atom.